The fraction of sp³-hybridized carbons (Fsp3) is 0.667. The number of aliphatic carboxylic acids is 1. The van der Waals surface area contributed by atoms with Gasteiger partial charge in [0.05, 0.1) is 11.0 Å². The zero-order chi connectivity index (χ0) is 14.9. The van der Waals surface area contributed by atoms with Crippen LogP contribution in [0.4, 0.5) is 4.79 Å². The Balaban J connectivity index is 2.09. The second-order valence-electron chi connectivity index (χ2n) is 5.16. The first-order chi connectivity index (χ1) is 9.35. The normalized spacial score (nSPS) is 30.8. The summed E-state index contributed by atoms with van der Waals surface area (Å²) in [5.41, 5.74) is 0. The lowest BCUT2D eigenvalue weighted by Crippen LogP contribution is -2.33. The Morgan fingerprint density at radius 3 is 2.70 bits per heavy atom. The second-order valence-corrected chi connectivity index (χ2v) is 7.42. The van der Waals surface area contributed by atoms with Gasteiger partial charge in [-0.1, -0.05) is 12.7 Å². The number of amides is 1. The van der Waals surface area contributed by atoms with Crippen molar-refractivity contribution in [2.24, 2.45) is 11.8 Å². The number of carbonyl (C=O) groups excluding carboxylic acids is 1. The number of carbonyl (C=O) groups is 2. The summed E-state index contributed by atoms with van der Waals surface area (Å²) < 4.78 is 28.9. The van der Waals surface area contributed by atoms with Crippen LogP contribution in [0.25, 0.3) is 0 Å². The van der Waals surface area contributed by atoms with E-state index >= 15 is 0 Å². The molecule has 2 fully saturated rings. The Bertz CT molecular complexity index is 528. The van der Waals surface area contributed by atoms with Crippen molar-refractivity contribution in [3.63, 3.8) is 0 Å². The van der Waals surface area contributed by atoms with Gasteiger partial charge in [-0.15, -0.1) is 0 Å². The van der Waals surface area contributed by atoms with Crippen molar-refractivity contribution in [1.29, 1.82) is 0 Å². The molecule has 0 aliphatic carbocycles. The van der Waals surface area contributed by atoms with Crippen molar-refractivity contribution < 1.29 is 27.9 Å². The first-order valence-corrected chi connectivity index (χ1v) is 8.02. The van der Waals surface area contributed by atoms with Crippen molar-refractivity contribution in [3.8, 4) is 0 Å². The van der Waals surface area contributed by atoms with E-state index < -0.39 is 33.1 Å². The molecule has 3 atom stereocenters. The van der Waals surface area contributed by atoms with Crippen LogP contribution in [0, 0.1) is 11.8 Å². The van der Waals surface area contributed by atoms with Gasteiger partial charge >= 0.3 is 12.1 Å². The van der Waals surface area contributed by atoms with E-state index in [2.05, 4.69) is 6.58 Å². The highest BCUT2D eigenvalue weighted by molar-refractivity contribution is 7.92. The number of carboxylic acids is 1. The minimum atomic E-state index is -3.34. The zero-order valence-electron chi connectivity index (χ0n) is 10.9. The van der Waals surface area contributed by atoms with E-state index in [1.807, 2.05) is 0 Å². The third kappa shape index (κ3) is 2.79. The standard InChI is InChI=1S/C12H17NO6S/c1-2-3-19-12(16)13-5-9-8(4-11(14)15)7-20(17,18)10(9)6-13/h2,8-10H,1,3-7H2,(H,14,15). The summed E-state index contributed by atoms with van der Waals surface area (Å²) >= 11 is 0. The number of nitrogens with zero attached hydrogens (tertiary/aromatic N) is 1. The van der Waals surface area contributed by atoms with Gasteiger partial charge in [-0.25, -0.2) is 13.2 Å². The predicted molar refractivity (Wildman–Crippen MR) is 69.9 cm³/mol. The first-order valence-electron chi connectivity index (χ1n) is 6.31. The summed E-state index contributed by atoms with van der Waals surface area (Å²) in [7, 11) is -3.34. The predicted octanol–water partition coefficient (Wildman–Crippen LogP) is 0.129. The molecule has 7 nitrogen and oxygen atoms in total. The van der Waals surface area contributed by atoms with Gasteiger partial charge in [-0.3, -0.25) is 4.79 Å². The molecule has 0 aromatic rings. The Labute approximate surface area is 117 Å². The molecule has 0 radical (unpaired) electrons. The molecule has 2 aliphatic rings. The lowest BCUT2D eigenvalue weighted by atomic mass is 9.91. The molecule has 0 aromatic heterocycles. The largest absolute Gasteiger partial charge is 0.481 e. The Hall–Kier alpha value is -1.57. The van der Waals surface area contributed by atoms with Gasteiger partial charge in [-0.05, 0) is 11.8 Å². The lowest BCUT2D eigenvalue weighted by molar-refractivity contribution is -0.138. The average molecular weight is 303 g/mol. The van der Waals surface area contributed by atoms with Crippen molar-refractivity contribution in [3.05, 3.63) is 12.7 Å². The van der Waals surface area contributed by atoms with Gasteiger partial charge in [0.25, 0.3) is 0 Å². The Kier molecular flexibility index (Phi) is 4.03. The minimum Gasteiger partial charge on any atom is -0.481 e. The molecular formula is C12H17NO6S. The van der Waals surface area contributed by atoms with Gasteiger partial charge in [0.1, 0.15) is 6.61 Å². The molecular weight excluding hydrogens is 286 g/mol. The van der Waals surface area contributed by atoms with E-state index in [4.69, 9.17) is 9.84 Å². The van der Waals surface area contributed by atoms with Crippen LogP contribution in [0.15, 0.2) is 12.7 Å². The highest BCUT2D eigenvalue weighted by Gasteiger charge is 2.53. The number of hydrogen-bond acceptors (Lipinski definition) is 5. The molecule has 0 bridgehead atoms. The third-order valence-corrected chi connectivity index (χ3v) is 6.16. The number of carboxylic acid groups (broad SMARTS) is 1. The van der Waals surface area contributed by atoms with Crippen LogP contribution >= 0.6 is 0 Å². The summed E-state index contributed by atoms with van der Waals surface area (Å²) in [6.07, 6.45) is 0.665. The number of hydrogen-bond donors (Lipinski definition) is 1. The summed E-state index contributed by atoms with van der Waals surface area (Å²) in [5, 5.41) is 8.18. The van der Waals surface area contributed by atoms with Crippen molar-refractivity contribution >= 4 is 21.9 Å². The van der Waals surface area contributed by atoms with E-state index in [0.717, 1.165) is 0 Å². The smallest absolute Gasteiger partial charge is 0.410 e. The number of rotatable bonds is 4. The van der Waals surface area contributed by atoms with E-state index in [0.29, 0.717) is 0 Å². The van der Waals surface area contributed by atoms with E-state index in [1.165, 1.54) is 11.0 Å². The summed E-state index contributed by atoms with van der Waals surface area (Å²) in [5.74, 6) is -1.87. The lowest BCUT2D eigenvalue weighted by Gasteiger charge is -2.18. The molecule has 1 amide bonds. The molecule has 20 heavy (non-hydrogen) atoms. The van der Waals surface area contributed by atoms with Crippen LogP contribution in [0.3, 0.4) is 0 Å². The highest BCUT2D eigenvalue weighted by Crippen LogP contribution is 2.39. The number of sulfone groups is 1. The van der Waals surface area contributed by atoms with E-state index in [1.54, 1.807) is 0 Å². The van der Waals surface area contributed by atoms with Crippen LogP contribution in [0.2, 0.25) is 0 Å². The van der Waals surface area contributed by atoms with E-state index in [-0.39, 0.29) is 37.8 Å². The topological polar surface area (TPSA) is 101 Å². The molecule has 8 heteroatoms. The van der Waals surface area contributed by atoms with Crippen molar-refractivity contribution in [2.45, 2.75) is 11.7 Å². The molecule has 112 valence electrons. The minimum absolute atomic E-state index is 0.0654. The van der Waals surface area contributed by atoms with Gasteiger partial charge in [0.15, 0.2) is 9.84 Å². The molecule has 2 rings (SSSR count). The molecule has 2 aliphatic heterocycles. The van der Waals surface area contributed by atoms with Crippen LogP contribution in [0.1, 0.15) is 6.42 Å². The van der Waals surface area contributed by atoms with Gasteiger partial charge < -0.3 is 14.7 Å². The molecule has 0 spiro atoms. The van der Waals surface area contributed by atoms with Crippen LogP contribution < -0.4 is 0 Å². The Morgan fingerprint density at radius 1 is 1.40 bits per heavy atom. The summed E-state index contributed by atoms with van der Waals surface area (Å²) in [6, 6.07) is 0. The molecule has 1 N–H and O–H groups in total. The van der Waals surface area contributed by atoms with Crippen molar-refractivity contribution in [2.75, 3.05) is 25.4 Å². The third-order valence-electron chi connectivity index (χ3n) is 3.84. The summed E-state index contributed by atoms with van der Waals surface area (Å²) in [6.45, 7) is 3.81. The highest BCUT2D eigenvalue weighted by atomic mass is 32.2. The van der Waals surface area contributed by atoms with Gasteiger partial charge in [0, 0.05) is 19.5 Å². The molecule has 2 heterocycles. The van der Waals surface area contributed by atoms with Gasteiger partial charge in [-0.2, -0.15) is 0 Å². The quantitative estimate of drug-likeness (QED) is 0.741. The zero-order valence-corrected chi connectivity index (χ0v) is 11.7. The first kappa shape index (κ1) is 14.8. The van der Waals surface area contributed by atoms with E-state index in [9.17, 15) is 18.0 Å². The average Bonchev–Trinajstić information content (AvgIpc) is 2.87. The fourth-order valence-electron chi connectivity index (χ4n) is 2.98. The van der Waals surface area contributed by atoms with Gasteiger partial charge in [0.2, 0.25) is 0 Å². The molecule has 2 saturated heterocycles. The maximum absolute atomic E-state index is 12.0. The number of ether oxygens (including phenoxy) is 1. The Morgan fingerprint density at radius 2 is 2.10 bits per heavy atom. The molecule has 0 aromatic carbocycles. The molecule has 0 saturated carbocycles. The van der Waals surface area contributed by atoms with Crippen molar-refractivity contribution in [1.82, 2.24) is 4.90 Å². The fourth-order valence-corrected chi connectivity index (χ4v) is 5.44. The summed E-state index contributed by atoms with van der Waals surface area (Å²) in [4.78, 5) is 23.9. The number of likely N-dealkylation sites (tertiary alicyclic amines) is 1. The van der Waals surface area contributed by atoms with Crippen LogP contribution in [-0.2, 0) is 19.4 Å². The van der Waals surface area contributed by atoms with Crippen LogP contribution in [-0.4, -0.2) is 61.2 Å². The number of fused-ring (bicyclic) bond motifs is 1. The molecule has 3 unspecified atom stereocenters. The van der Waals surface area contributed by atoms with Crippen LogP contribution in [0.5, 0.6) is 0 Å². The second kappa shape index (κ2) is 5.43. The maximum atomic E-state index is 12.0. The monoisotopic (exact) mass is 303 g/mol. The maximum Gasteiger partial charge on any atom is 0.410 e. The SMILES string of the molecule is C=CCOC(=O)N1CC2C(CC(=O)O)CS(=O)(=O)C2C1.